The molecule has 18 heavy (non-hydrogen) atoms. The molecule has 0 aliphatic heterocycles. The van der Waals surface area contributed by atoms with Gasteiger partial charge in [0.15, 0.2) is 0 Å². The predicted molar refractivity (Wildman–Crippen MR) is 74.3 cm³/mol. The number of hydrogen-bond donors (Lipinski definition) is 1. The van der Waals surface area contributed by atoms with Crippen molar-refractivity contribution in [3.05, 3.63) is 18.0 Å². The fraction of sp³-hybridized carbons (Fsp3) is 0.786. The molecule has 1 unspecified atom stereocenters. The number of rotatable bonds is 8. The Hall–Kier alpha value is -0.870. The number of nitrogens with zero attached hydrogens (tertiary/aromatic N) is 3. The average molecular weight is 250 g/mol. The van der Waals surface area contributed by atoms with Gasteiger partial charge in [-0.1, -0.05) is 6.92 Å². The number of hydrogen-bond acceptors (Lipinski definition) is 3. The van der Waals surface area contributed by atoms with Crippen LogP contribution in [0.25, 0.3) is 0 Å². The Morgan fingerprint density at radius 2 is 2.33 bits per heavy atom. The molecule has 1 aliphatic rings. The van der Waals surface area contributed by atoms with Gasteiger partial charge in [0.05, 0.1) is 5.69 Å². The van der Waals surface area contributed by atoms with Crippen molar-refractivity contribution in [3.63, 3.8) is 0 Å². The molecule has 1 fully saturated rings. The minimum absolute atomic E-state index is 0.497. The molecule has 1 saturated carbocycles. The maximum atomic E-state index is 5.61. The Kier molecular flexibility index (Phi) is 4.78. The summed E-state index contributed by atoms with van der Waals surface area (Å²) in [6.45, 7) is 7.28. The van der Waals surface area contributed by atoms with E-state index in [-0.39, 0.29) is 0 Å². The topological polar surface area (TPSA) is 47.1 Å². The van der Waals surface area contributed by atoms with E-state index in [9.17, 15) is 0 Å². The van der Waals surface area contributed by atoms with E-state index >= 15 is 0 Å². The van der Waals surface area contributed by atoms with Gasteiger partial charge in [-0.2, -0.15) is 5.10 Å². The molecule has 102 valence electrons. The Bertz CT molecular complexity index is 356. The maximum Gasteiger partial charge on any atom is 0.0764 e. The lowest BCUT2D eigenvalue weighted by molar-refractivity contribution is 0.248. The van der Waals surface area contributed by atoms with Crippen LogP contribution < -0.4 is 5.73 Å². The summed E-state index contributed by atoms with van der Waals surface area (Å²) in [5.74, 6) is 0. The minimum atomic E-state index is 0.497. The molecule has 4 nitrogen and oxygen atoms in total. The van der Waals surface area contributed by atoms with Crippen molar-refractivity contribution in [3.8, 4) is 0 Å². The lowest BCUT2D eigenvalue weighted by atomic mass is 10.3. The molecule has 0 spiro atoms. The molecule has 0 saturated heterocycles. The third-order valence-corrected chi connectivity index (χ3v) is 3.78. The van der Waals surface area contributed by atoms with Crippen LogP contribution in [-0.4, -0.2) is 33.8 Å². The van der Waals surface area contributed by atoms with Crippen LogP contribution in [-0.2, 0) is 6.54 Å². The summed E-state index contributed by atoms with van der Waals surface area (Å²) in [4.78, 5) is 2.54. The zero-order chi connectivity index (χ0) is 13.0. The second-order valence-electron chi connectivity index (χ2n) is 5.39. The molecule has 1 aromatic heterocycles. The summed E-state index contributed by atoms with van der Waals surface area (Å²) in [6, 6.07) is 3.44. The van der Waals surface area contributed by atoms with Crippen molar-refractivity contribution in [2.24, 2.45) is 5.73 Å². The largest absolute Gasteiger partial charge is 0.330 e. The molecule has 1 aliphatic carbocycles. The van der Waals surface area contributed by atoms with Crippen LogP contribution in [0, 0.1) is 0 Å². The minimum Gasteiger partial charge on any atom is -0.330 e. The Morgan fingerprint density at radius 3 is 2.94 bits per heavy atom. The highest BCUT2D eigenvalue weighted by molar-refractivity contribution is 5.01. The molecule has 4 heteroatoms. The van der Waals surface area contributed by atoms with Gasteiger partial charge in [-0.15, -0.1) is 0 Å². The van der Waals surface area contributed by atoms with E-state index in [1.807, 2.05) is 0 Å². The molecular formula is C14H26N4. The van der Waals surface area contributed by atoms with E-state index < -0.39 is 0 Å². The molecule has 1 aromatic rings. The second kappa shape index (κ2) is 6.34. The van der Waals surface area contributed by atoms with Crippen LogP contribution in [0.2, 0.25) is 0 Å². The van der Waals surface area contributed by atoms with Gasteiger partial charge in [0, 0.05) is 31.4 Å². The van der Waals surface area contributed by atoms with Crippen LogP contribution in [0.1, 0.15) is 51.3 Å². The Morgan fingerprint density at radius 1 is 1.56 bits per heavy atom. The van der Waals surface area contributed by atoms with Crippen LogP contribution in [0.15, 0.2) is 12.3 Å². The first-order valence-electron chi connectivity index (χ1n) is 7.22. The number of aromatic nitrogens is 2. The summed E-state index contributed by atoms with van der Waals surface area (Å²) in [5.41, 5.74) is 6.80. The van der Waals surface area contributed by atoms with Crippen molar-refractivity contribution in [2.75, 3.05) is 13.1 Å². The van der Waals surface area contributed by atoms with Crippen LogP contribution >= 0.6 is 0 Å². The van der Waals surface area contributed by atoms with Gasteiger partial charge in [-0.3, -0.25) is 9.58 Å². The van der Waals surface area contributed by atoms with Crippen molar-refractivity contribution in [1.29, 1.82) is 0 Å². The summed E-state index contributed by atoms with van der Waals surface area (Å²) >= 11 is 0. The summed E-state index contributed by atoms with van der Waals surface area (Å²) in [6.07, 6.45) is 7.01. The van der Waals surface area contributed by atoms with E-state index in [1.165, 1.54) is 18.5 Å². The first-order chi connectivity index (χ1) is 8.74. The zero-order valence-corrected chi connectivity index (χ0v) is 11.7. The fourth-order valence-corrected chi connectivity index (χ4v) is 2.23. The molecule has 1 atom stereocenters. The van der Waals surface area contributed by atoms with Gasteiger partial charge in [-0.25, -0.2) is 0 Å². The summed E-state index contributed by atoms with van der Waals surface area (Å²) < 4.78 is 2.09. The Balaban J connectivity index is 1.91. The molecule has 0 bridgehead atoms. The maximum absolute atomic E-state index is 5.61. The van der Waals surface area contributed by atoms with Crippen LogP contribution in [0.3, 0.4) is 0 Å². The molecule has 0 amide bonds. The molecule has 0 aromatic carbocycles. The summed E-state index contributed by atoms with van der Waals surface area (Å²) in [7, 11) is 0. The van der Waals surface area contributed by atoms with Gasteiger partial charge >= 0.3 is 0 Å². The van der Waals surface area contributed by atoms with Gasteiger partial charge < -0.3 is 5.73 Å². The first kappa shape index (κ1) is 13.6. The average Bonchev–Trinajstić information content (AvgIpc) is 3.13. The Labute approximate surface area is 110 Å². The van der Waals surface area contributed by atoms with Gasteiger partial charge in [0.1, 0.15) is 0 Å². The highest BCUT2D eigenvalue weighted by Gasteiger charge is 2.28. The van der Waals surface area contributed by atoms with Crippen molar-refractivity contribution in [1.82, 2.24) is 14.7 Å². The SMILES string of the molecule is CCC(C)n1ccc(CN(CCCN)C2CC2)n1. The van der Waals surface area contributed by atoms with Gasteiger partial charge in [0.2, 0.25) is 0 Å². The standard InChI is InChI=1S/C14H26N4/c1-3-12(2)18-10-7-13(16-18)11-17(9-4-8-15)14-5-6-14/h7,10,12,14H,3-6,8-9,11,15H2,1-2H3. The van der Waals surface area contributed by atoms with Crippen molar-refractivity contribution < 1.29 is 0 Å². The third-order valence-electron chi connectivity index (χ3n) is 3.78. The lowest BCUT2D eigenvalue weighted by Crippen LogP contribution is -2.28. The molecule has 1 heterocycles. The summed E-state index contributed by atoms with van der Waals surface area (Å²) in [5, 5.41) is 4.68. The molecule has 2 N–H and O–H groups in total. The van der Waals surface area contributed by atoms with Crippen LogP contribution in [0.5, 0.6) is 0 Å². The monoisotopic (exact) mass is 250 g/mol. The second-order valence-corrected chi connectivity index (χ2v) is 5.39. The smallest absolute Gasteiger partial charge is 0.0764 e. The van der Waals surface area contributed by atoms with E-state index in [2.05, 4.69) is 40.8 Å². The van der Waals surface area contributed by atoms with E-state index in [4.69, 9.17) is 5.73 Å². The van der Waals surface area contributed by atoms with E-state index in [0.29, 0.717) is 6.04 Å². The quantitative estimate of drug-likeness (QED) is 0.769. The van der Waals surface area contributed by atoms with Gasteiger partial charge in [-0.05, 0) is 45.2 Å². The van der Waals surface area contributed by atoms with E-state index in [1.54, 1.807) is 0 Å². The predicted octanol–water partition coefficient (Wildman–Crippen LogP) is 2.17. The highest BCUT2D eigenvalue weighted by atomic mass is 15.3. The van der Waals surface area contributed by atoms with E-state index in [0.717, 1.165) is 38.5 Å². The third kappa shape index (κ3) is 3.56. The zero-order valence-electron chi connectivity index (χ0n) is 11.7. The normalized spacial score (nSPS) is 17.3. The first-order valence-corrected chi connectivity index (χ1v) is 7.22. The molecule has 2 rings (SSSR count). The van der Waals surface area contributed by atoms with Gasteiger partial charge in [0.25, 0.3) is 0 Å². The lowest BCUT2D eigenvalue weighted by Gasteiger charge is -2.20. The van der Waals surface area contributed by atoms with Crippen molar-refractivity contribution in [2.45, 2.75) is 58.2 Å². The van der Waals surface area contributed by atoms with Crippen molar-refractivity contribution >= 4 is 0 Å². The fourth-order valence-electron chi connectivity index (χ4n) is 2.23. The molecular weight excluding hydrogens is 224 g/mol. The number of nitrogens with two attached hydrogens (primary N) is 1. The van der Waals surface area contributed by atoms with Crippen LogP contribution in [0.4, 0.5) is 0 Å². The molecule has 0 radical (unpaired) electrons. The highest BCUT2D eigenvalue weighted by Crippen LogP contribution is 2.28.